The number of carbonyl (C=O) groups is 2. The molecule has 4 rings (SSSR count). The second-order valence-electron chi connectivity index (χ2n) is 18.4. The minimum Gasteiger partial charge on any atom is -0.465 e. The minimum absolute atomic E-state index is 0.0262. The summed E-state index contributed by atoms with van der Waals surface area (Å²) in [5, 5.41) is 44.6. The maximum Gasteiger partial charge on any atom is 0.416 e. The smallest absolute Gasteiger partial charge is 0.416 e. The van der Waals surface area contributed by atoms with E-state index in [1.165, 1.54) is 26.2 Å². The molecule has 364 valence electrons. The molecule has 0 amide bonds. The average molecular weight is 928 g/mol. The van der Waals surface area contributed by atoms with Gasteiger partial charge in [-0.3, -0.25) is 9.59 Å². The van der Waals surface area contributed by atoms with Gasteiger partial charge in [-0.2, -0.15) is 23.4 Å². The number of methoxy groups -OCH3 is 1. The van der Waals surface area contributed by atoms with E-state index in [9.17, 15) is 46.9 Å². The number of alkyl halides is 3. The Labute approximate surface area is 378 Å². The Hall–Kier alpha value is -3.91. The van der Waals surface area contributed by atoms with Gasteiger partial charge in [0.25, 0.3) is 0 Å². The van der Waals surface area contributed by atoms with E-state index in [0.29, 0.717) is 18.1 Å². The number of likely N-dealkylation sites (N-methyl/N-ethyl adjacent to an activating group) is 1. The van der Waals surface area contributed by atoms with Crippen molar-refractivity contribution < 1.29 is 70.5 Å². The van der Waals surface area contributed by atoms with Crippen LogP contribution < -0.4 is 0 Å². The first-order chi connectivity index (χ1) is 30.2. The van der Waals surface area contributed by atoms with Gasteiger partial charge >= 0.3 is 18.1 Å². The van der Waals surface area contributed by atoms with E-state index in [-0.39, 0.29) is 42.4 Å². The molecule has 0 spiro atoms. The van der Waals surface area contributed by atoms with Crippen molar-refractivity contribution in [1.29, 1.82) is 0 Å². The first-order valence-corrected chi connectivity index (χ1v) is 21.9. The number of hydrogen-bond acceptors (Lipinski definition) is 13. The average Bonchev–Trinajstić information content (AvgIpc) is 3.22. The standard InChI is InChI=1S/C47H66F5N3O10/c1-12-37-46(8,60)41(58)28(5)39(54-53-29(6)31-13-15-33(16-14-31)47(50,51)52)26(3)23-45(7,61-11)42(65-44-40(57)36(55(9)10)18-27(4)63-44)32(17-25(2)43(59)64-37)24-62-38(56)21-30-19-34(48)22-35(49)20-30/h13-16,19-20,22,25-28,32,36-37,40-42,44,57-58,60H,12,17-18,21,23-24H2,1-11H3. The summed E-state index contributed by atoms with van der Waals surface area (Å²) < 4.78 is 99.4. The van der Waals surface area contributed by atoms with Crippen molar-refractivity contribution >= 4 is 23.4 Å². The molecule has 13 unspecified atom stereocenters. The molecular formula is C47H66F5N3O10. The number of ether oxygens (including phenoxy) is 5. The lowest BCUT2D eigenvalue weighted by molar-refractivity contribution is -0.299. The largest absolute Gasteiger partial charge is 0.465 e. The van der Waals surface area contributed by atoms with Crippen LogP contribution in [0.15, 0.2) is 52.7 Å². The number of nitrogens with zero attached hydrogens (tertiary/aromatic N) is 3. The molecular weight excluding hydrogens is 862 g/mol. The molecule has 2 aromatic rings. The topological polar surface area (TPSA) is 169 Å². The number of hydrogen-bond donors (Lipinski definition) is 3. The second kappa shape index (κ2) is 22.3. The highest BCUT2D eigenvalue weighted by Crippen LogP contribution is 2.40. The third-order valence-electron chi connectivity index (χ3n) is 12.8. The number of rotatable bonds is 11. The van der Waals surface area contributed by atoms with Crippen LogP contribution in [-0.4, -0.2) is 125 Å². The van der Waals surface area contributed by atoms with Gasteiger partial charge in [-0.25, -0.2) is 8.78 Å². The molecule has 2 heterocycles. The normalized spacial score (nSPS) is 34.3. The molecule has 2 aromatic carbocycles. The third kappa shape index (κ3) is 13.6. The summed E-state index contributed by atoms with van der Waals surface area (Å²) in [6.07, 6.45) is -11.4. The number of benzene rings is 2. The summed E-state index contributed by atoms with van der Waals surface area (Å²) in [7, 11) is 5.04. The lowest BCUT2D eigenvalue weighted by atomic mass is 9.74. The fraction of sp³-hybridized carbons (Fsp3) is 0.660. The van der Waals surface area contributed by atoms with E-state index < -0.39 is 120 Å². The molecule has 0 aliphatic carbocycles. The van der Waals surface area contributed by atoms with Crippen LogP contribution in [-0.2, 0) is 45.9 Å². The molecule has 2 fully saturated rings. The fourth-order valence-electron chi connectivity index (χ4n) is 9.00. The molecule has 13 nitrogen and oxygen atoms in total. The van der Waals surface area contributed by atoms with Crippen molar-refractivity contribution in [2.45, 2.75) is 148 Å². The highest BCUT2D eigenvalue weighted by atomic mass is 19.4. The van der Waals surface area contributed by atoms with Crippen LogP contribution in [0.1, 0.15) is 97.8 Å². The number of halogens is 5. The van der Waals surface area contributed by atoms with Gasteiger partial charge in [0, 0.05) is 36.8 Å². The van der Waals surface area contributed by atoms with Crippen LogP contribution >= 0.6 is 0 Å². The van der Waals surface area contributed by atoms with Crippen molar-refractivity contribution in [2.75, 3.05) is 27.8 Å². The number of carbonyl (C=O) groups excluding carboxylic acids is 2. The van der Waals surface area contributed by atoms with E-state index in [1.807, 2.05) is 25.9 Å². The maximum absolute atomic E-state index is 14.1. The lowest BCUT2D eigenvalue weighted by Gasteiger charge is -2.48. The van der Waals surface area contributed by atoms with Crippen LogP contribution in [0, 0.1) is 35.3 Å². The second-order valence-corrected chi connectivity index (χ2v) is 18.4. The van der Waals surface area contributed by atoms with Gasteiger partial charge in [-0.05, 0) is 109 Å². The van der Waals surface area contributed by atoms with Crippen LogP contribution in [0.2, 0.25) is 0 Å². The fourth-order valence-corrected chi connectivity index (χ4v) is 9.00. The van der Waals surface area contributed by atoms with Gasteiger partial charge in [0.05, 0.1) is 54.1 Å². The van der Waals surface area contributed by atoms with Gasteiger partial charge in [-0.15, -0.1) is 0 Å². The molecule has 0 radical (unpaired) electrons. The number of cyclic esters (lactones) is 1. The van der Waals surface area contributed by atoms with E-state index in [1.54, 1.807) is 41.5 Å². The Kier molecular flexibility index (Phi) is 18.4. The summed E-state index contributed by atoms with van der Waals surface area (Å²) in [4.78, 5) is 29.3. The zero-order valence-electron chi connectivity index (χ0n) is 39.1. The van der Waals surface area contributed by atoms with E-state index in [2.05, 4.69) is 10.2 Å². The van der Waals surface area contributed by atoms with Crippen molar-refractivity contribution in [3.8, 4) is 0 Å². The van der Waals surface area contributed by atoms with E-state index in [4.69, 9.17) is 23.7 Å². The molecule has 2 aliphatic rings. The van der Waals surface area contributed by atoms with Crippen LogP contribution in [0.3, 0.4) is 0 Å². The summed E-state index contributed by atoms with van der Waals surface area (Å²) in [6, 6.07) is 6.67. The molecule has 0 bridgehead atoms. The quantitative estimate of drug-likeness (QED) is 0.0928. The van der Waals surface area contributed by atoms with Gasteiger partial charge in [0.1, 0.15) is 29.4 Å². The molecule has 13 atom stereocenters. The molecule has 18 heteroatoms. The van der Waals surface area contributed by atoms with Gasteiger partial charge in [0.2, 0.25) is 0 Å². The molecule has 0 saturated carbocycles. The predicted molar refractivity (Wildman–Crippen MR) is 232 cm³/mol. The minimum atomic E-state index is -4.55. The number of aliphatic hydroxyl groups excluding tert-OH is 2. The molecule has 0 aromatic heterocycles. The van der Waals surface area contributed by atoms with Crippen molar-refractivity contribution in [1.82, 2.24) is 4.90 Å². The van der Waals surface area contributed by atoms with E-state index in [0.717, 1.165) is 24.3 Å². The van der Waals surface area contributed by atoms with Gasteiger partial charge < -0.3 is 43.9 Å². The predicted octanol–water partition coefficient (Wildman–Crippen LogP) is 6.90. The summed E-state index contributed by atoms with van der Waals surface area (Å²) in [5.41, 5.74) is -3.48. The van der Waals surface area contributed by atoms with Crippen LogP contribution in [0.5, 0.6) is 0 Å². The highest BCUT2D eigenvalue weighted by Gasteiger charge is 2.51. The summed E-state index contributed by atoms with van der Waals surface area (Å²) in [5.74, 6) is -6.91. The Morgan fingerprint density at radius 1 is 0.985 bits per heavy atom. The first-order valence-electron chi connectivity index (χ1n) is 21.9. The van der Waals surface area contributed by atoms with Crippen LogP contribution in [0.25, 0.3) is 0 Å². The molecule has 3 N–H and O–H groups in total. The van der Waals surface area contributed by atoms with Crippen molar-refractivity contribution in [3.63, 3.8) is 0 Å². The lowest BCUT2D eigenvalue weighted by Crippen LogP contribution is -2.59. The summed E-state index contributed by atoms with van der Waals surface area (Å²) >= 11 is 0. The maximum atomic E-state index is 14.1. The van der Waals surface area contributed by atoms with Crippen molar-refractivity contribution in [3.05, 3.63) is 70.8 Å². The molecule has 65 heavy (non-hydrogen) atoms. The van der Waals surface area contributed by atoms with Crippen LogP contribution in [0.4, 0.5) is 22.0 Å². The van der Waals surface area contributed by atoms with E-state index >= 15 is 0 Å². The Bertz CT molecular complexity index is 1960. The summed E-state index contributed by atoms with van der Waals surface area (Å²) in [6.45, 7) is 12.7. The Morgan fingerprint density at radius 3 is 2.15 bits per heavy atom. The SMILES string of the molecule is CCC1OC(=O)C(C)CC(COC(=O)Cc2cc(F)cc(F)c2)C(OC2OC(C)CC(N(C)C)C2O)C(C)(OC)CC(C)C(=NN=C(C)c2ccc(C(F)(F)F)cc2)C(C)C(O)C1(C)O. The molecule has 2 aliphatic heterocycles. The highest BCUT2D eigenvalue weighted by molar-refractivity contribution is 5.99. The van der Waals surface area contributed by atoms with Crippen molar-refractivity contribution in [2.24, 2.45) is 33.9 Å². The van der Waals surface area contributed by atoms with Gasteiger partial charge in [0.15, 0.2) is 6.29 Å². The molecule has 2 saturated heterocycles. The number of esters is 2. The monoisotopic (exact) mass is 927 g/mol. The Balaban J connectivity index is 1.89. The Morgan fingerprint density at radius 2 is 1.60 bits per heavy atom. The third-order valence-corrected chi connectivity index (χ3v) is 12.8. The zero-order chi connectivity index (χ0) is 48.8. The first kappa shape index (κ1) is 53.7. The zero-order valence-corrected chi connectivity index (χ0v) is 39.1. The number of aliphatic hydroxyl groups is 3. The van der Waals surface area contributed by atoms with Gasteiger partial charge in [-0.1, -0.05) is 39.8 Å².